The highest BCUT2D eigenvalue weighted by molar-refractivity contribution is 5.98. The minimum absolute atomic E-state index is 0.215. The Morgan fingerprint density at radius 2 is 1.93 bits per heavy atom. The van der Waals surface area contributed by atoms with Gasteiger partial charge in [0.15, 0.2) is 5.78 Å². The topological polar surface area (TPSA) is 17.1 Å². The number of hydrogen-bond donors (Lipinski definition) is 0. The number of Topliss-reactive ketones (excluding diaryl/α,β-unsaturated/α-hetero) is 1. The van der Waals surface area contributed by atoms with Gasteiger partial charge < -0.3 is 0 Å². The Kier molecular flexibility index (Phi) is 2.64. The maximum atomic E-state index is 12.1. The standard InChI is InChI=1S/C14H18O/c1-9-4-5-13(8-10(9)2)14(15)11(3)12-6-7-12/h4-5,8,11-12H,6-7H2,1-3H3. The summed E-state index contributed by atoms with van der Waals surface area (Å²) in [5.41, 5.74) is 3.35. The molecule has 0 amide bonds. The van der Waals surface area contributed by atoms with Gasteiger partial charge in [-0.1, -0.05) is 19.1 Å². The average molecular weight is 202 g/mol. The molecule has 0 aliphatic heterocycles. The molecule has 1 saturated carbocycles. The summed E-state index contributed by atoms with van der Waals surface area (Å²) in [6, 6.07) is 6.03. The molecule has 1 heteroatoms. The van der Waals surface area contributed by atoms with Gasteiger partial charge >= 0.3 is 0 Å². The van der Waals surface area contributed by atoms with Crippen molar-refractivity contribution >= 4 is 5.78 Å². The Morgan fingerprint density at radius 3 is 2.47 bits per heavy atom. The van der Waals surface area contributed by atoms with Crippen LogP contribution in [-0.2, 0) is 0 Å². The second kappa shape index (κ2) is 3.80. The molecule has 0 N–H and O–H groups in total. The van der Waals surface area contributed by atoms with Gasteiger partial charge in [0.2, 0.25) is 0 Å². The Bertz CT molecular complexity index is 388. The molecule has 1 aliphatic carbocycles. The summed E-state index contributed by atoms with van der Waals surface area (Å²) in [7, 11) is 0. The van der Waals surface area contributed by atoms with Gasteiger partial charge in [-0.3, -0.25) is 4.79 Å². The Labute approximate surface area is 91.5 Å². The van der Waals surface area contributed by atoms with Crippen LogP contribution >= 0.6 is 0 Å². The monoisotopic (exact) mass is 202 g/mol. The Balaban J connectivity index is 2.21. The number of ketones is 1. The van der Waals surface area contributed by atoms with Crippen LogP contribution in [0, 0.1) is 25.7 Å². The van der Waals surface area contributed by atoms with Gasteiger partial charge in [0.25, 0.3) is 0 Å². The number of benzene rings is 1. The van der Waals surface area contributed by atoms with Crippen LogP contribution < -0.4 is 0 Å². The largest absolute Gasteiger partial charge is 0.294 e. The highest BCUT2D eigenvalue weighted by Gasteiger charge is 2.32. The molecule has 1 aromatic carbocycles. The fourth-order valence-electron chi connectivity index (χ4n) is 1.97. The number of rotatable bonds is 3. The molecular weight excluding hydrogens is 184 g/mol. The maximum Gasteiger partial charge on any atom is 0.165 e. The third-order valence-electron chi connectivity index (χ3n) is 3.53. The molecule has 0 aromatic heterocycles. The van der Waals surface area contributed by atoms with Crippen LogP contribution in [0.5, 0.6) is 0 Å². The van der Waals surface area contributed by atoms with E-state index in [4.69, 9.17) is 0 Å². The molecule has 0 radical (unpaired) electrons. The first-order valence-electron chi connectivity index (χ1n) is 5.71. The lowest BCUT2D eigenvalue weighted by Crippen LogP contribution is -2.13. The number of hydrogen-bond acceptors (Lipinski definition) is 1. The Morgan fingerprint density at radius 1 is 1.27 bits per heavy atom. The molecule has 0 heterocycles. The predicted octanol–water partition coefficient (Wildman–Crippen LogP) is 3.53. The van der Waals surface area contributed by atoms with E-state index in [1.54, 1.807) is 0 Å². The molecule has 0 bridgehead atoms. The van der Waals surface area contributed by atoms with E-state index in [-0.39, 0.29) is 5.92 Å². The first kappa shape index (κ1) is 10.4. The van der Waals surface area contributed by atoms with Gasteiger partial charge in [-0.15, -0.1) is 0 Å². The summed E-state index contributed by atoms with van der Waals surface area (Å²) < 4.78 is 0. The van der Waals surface area contributed by atoms with Crippen molar-refractivity contribution in [3.63, 3.8) is 0 Å². The zero-order chi connectivity index (χ0) is 11.0. The molecule has 1 aromatic rings. The van der Waals surface area contributed by atoms with Crippen molar-refractivity contribution < 1.29 is 4.79 Å². The first-order valence-corrected chi connectivity index (χ1v) is 5.71. The highest BCUT2D eigenvalue weighted by atomic mass is 16.1. The fourth-order valence-corrected chi connectivity index (χ4v) is 1.97. The van der Waals surface area contributed by atoms with Gasteiger partial charge in [-0.05, 0) is 49.8 Å². The third-order valence-corrected chi connectivity index (χ3v) is 3.53. The molecule has 15 heavy (non-hydrogen) atoms. The molecule has 1 atom stereocenters. The number of carbonyl (C=O) groups is 1. The minimum atomic E-state index is 0.215. The normalized spacial score (nSPS) is 17.5. The minimum Gasteiger partial charge on any atom is -0.294 e. The Hall–Kier alpha value is -1.11. The summed E-state index contributed by atoms with van der Waals surface area (Å²) in [4.78, 5) is 12.1. The van der Waals surface area contributed by atoms with E-state index in [2.05, 4.69) is 20.8 Å². The molecular formula is C14H18O. The molecule has 80 valence electrons. The van der Waals surface area contributed by atoms with E-state index in [1.807, 2.05) is 18.2 Å². The van der Waals surface area contributed by atoms with E-state index in [9.17, 15) is 4.79 Å². The van der Waals surface area contributed by atoms with E-state index < -0.39 is 0 Å². The number of carbonyl (C=O) groups excluding carboxylic acids is 1. The van der Waals surface area contributed by atoms with Gasteiger partial charge in [0.1, 0.15) is 0 Å². The van der Waals surface area contributed by atoms with Gasteiger partial charge in [-0.25, -0.2) is 0 Å². The molecule has 2 rings (SSSR count). The van der Waals surface area contributed by atoms with Crippen LogP contribution in [0.1, 0.15) is 41.3 Å². The van der Waals surface area contributed by atoms with Crippen molar-refractivity contribution in [3.8, 4) is 0 Å². The lowest BCUT2D eigenvalue weighted by molar-refractivity contribution is 0.0916. The van der Waals surface area contributed by atoms with Crippen molar-refractivity contribution in [3.05, 3.63) is 34.9 Å². The quantitative estimate of drug-likeness (QED) is 0.685. The van der Waals surface area contributed by atoms with Crippen LogP contribution in [0.25, 0.3) is 0 Å². The molecule has 1 nitrogen and oxygen atoms in total. The van der Waals surface area contributed by atoms with Gasteiger partial charge in [-0.2, -0.15) is 0 Å². The van der Waals surface area contributed by atoms with Crippen LogP contribution in [0.3, 0.4) is 0 Å². The van der Waals surface area contributed by atoms with E-state index in [0.29, 0.717) is 11.7 Å². The molecule has 0 spiro atoms. The van der Waals surface area contributed by atoms with Crippen LogP contribution in [0.15, 0.2) is 18.2 Å². The first-order chi connectivity index (χ1) is 7.09. The van der Waals surface area contributed by atoms with Crippen molar-refractivity contribution in [1.82, 2.24) is 0 Å². The van der Waals surface area contributed by atoms with E-state index in [0.717, 1.165) is 5.56 Å². The van der Waals surface area contributed by atoms with Crippen molar-refractivity contribution in [2.75, 3.05) is 0 Å². The summed E-state index contributed by atoms with van der Waals surface area (Å²) in [6.45, 7) is 6.21. The molecule has 1 unspecified atom stereocenters. The maximum absolute atomic E-state index is 12.1. The highest BCUT2D eigenvalue weighted by Crippen LogP contribution is 2.38. The van der Waals surface area contributed by atoms with Crippen LogP contribution in [0.2, 0.25) is 0 Å². The zero-order valence-corrected chi connectivity index (χ0v) is 9.71. The SMILES string of the molecule is Cc1ccc(C(=O)C(C)C2CC2)cc1C. The summed E-state index contributed by atoms with van der Waals surface area (Å²) in [6.07, 6.45) is 2.47. The van der Waals surface area contributed by atoms with Crippen molar-refractivity contribution in [2.24, 2.45) is 11.8 Å². The van der Waals surface area contributed by atoms with E-state index >= 15 is 0 Å². The van der Waals surface area contributed by atoms with E-state index in [1.165, 1.54) is 24.0 Å². The third kappa shape index (κ3) is 2.11. The fraction of sp³-hybridized carbons (Fsp3) is 0.500. The lowest BCUT2D eigenvalue weighted by atomic mass is 9.93. The molecule has 1 aliphatic rings. The molecule has 1 fully saturated rings. The summed E-state index contributed by atoms with van der Waals surface area (Å²) in [5.74, 6) is 1.19. The summed E-state index contributed by atoms with van der Waals surface area (Å²) in [5, 5.41) is 0. The lowest BCUT2D eigenvalue weighted by Gasteiger charge is -2.10. The second-order valence-electron chi connectivity index (χ2n) is 4.79. The van der Waals surface area contributed by atoms with Crippen molar-refractivity contribution in [1.29, 1.82) is 0 Å². The van der Waals surface area contributed by atoms with Crippen LogP contribution in [0.4, 0.5) is 0 Å². The second-order valence-corrected chi connectivity index (χ2v) is 4.79. The predicted molar refractivity (Wildman–Crippen MR) is 62.1 cm³/mol. The molecule has 0 saturated heterocycles. The van der Waals surface area contributed by atoms with Crippen LogP contribution in [-0.4, -0.2) is 5.78 Å². The van der Waals surface area contributed by atoms with Gasteiger partial charge in [0, 0.05) is 11.5 Å². The summed E-state index contributed by atoms with van der Waals surface area (Å²) >= 11 is 0. The van der Waals surface area contributed by atoms with Gasteiger partial charge in [0.05, 0.1) is 0 Å². The number of aryl methyl sites for hydroxylation is 2. The average Bonchev–Trinajstić information content (AvgIpc) is 3.03. The smallest absolute Gasteiger partial charge is 0.165 e. The zero-order valence-electron chi connectivity index (χ0n) is 9.71. The van der Waals surface area contributed by atoms with Crippen molar-refractivity contribution in [2.45, 2.75) is 33.6 Å².